The molecule has 0 saturated heterocycles. The van der Waals surface area contributed by atoms with Gasteiger partial charge in [0.1, 0.15) is 17.4 Å². The molecule has 1 fully saturated rings. The van der Waals surface area contributed by atoms with Crippen LogP contribution in [0.1, 0.15) is 24.8 Å². The van der Waals surface area contributed by atoms with Crippen LogP contribution < -0.4 is 25.4 Å². The molecule has 4 N–H and O–H groups in total. The number of fused-ring (bicyclic) bond motifs is 4. The Kier molecular flexibility index (Phi) is 7.27. The predicted molar refractivity (Wildman–Crippen MR) is 157 cm³/mol. The van der Waals surface area contributed by atoms with E-state index in [1.165, 1.54) is 6.07 Å². The Morgan fingerprint density at radius 3 is 2.77 bits per heavy atom. The topological polar surface area (TPSA) is 100 Å². The molecule has 2 heterocycles. The number of anilines is 4. The van der Waals surface area contributed by atoms with E-state index in [1.54, 1.807) is 37.4 Å². The summed E-state index contributed by atoms with van der Waals surface area (Å²) in [5, 5.41) is 9.44. The highest BCUT2D eigenvalue weighted by atomic mass is 32.2. The van der Waals surface area contributed by atoms with E-state index in [0.717, 1.165) is 29.1 Å². The number of halogens is 1. The molecule has 0 unspecified atom stereocenters. The fraction of sp³-hybridized carbons (Fsp3) is 0.233. The Morgan fingerprint density at radius 1 is 1.07 bits per heavy atom. The molecule has 4 bridgehead atoms. The van der Waals surface area contributed by atoms with Gasteiger partial charge < -0.3 is 20.7 Å². The van der Waals surface area contributed by atoms with Crippen molar-refractivity contribution in [2.45, 2.75) is 29.6 Å². The monoisotopic (exact) mass is 556 g/mol. The maximum Gasteiger partial charge on any atom is 0.235 e. The van der Waals surface area contributed by atoms with Gasteiger partial charge in [0, 0.05) is 41.0 Å². The highest BCUT2D eigenvalue weighted by Crippen LogP contribution is 2.52. The minimum Gasteiger partial charge on any atom is -0.496 e. The van der Waals surface area contributed by atoms with Gasteiger partial charge in [-0.3, -0.25) is 9.52 Å². The Balaban J connectivity index is 1.25. The number of amides is 1. The molecule has 0 radical (unpaired) electrons. The number of rotatable bonds is 5. The summed E-state index contributed by atoms with van der Waals surface area (Å²) in [6.07, 6.45) is 3.92. The summed E-state index contributed by atoms with van der Waals surface area (Å²) in [7, 11) is 1.59. The molecule has 1 aliphatic heterocycles. The zero-order valence-electron chi connectivity index (χ0n) is 22.0. The number of hydrogen-bond acceptors (Lipinski definition) is 8. The van der Waals surface area contributed by atoms with Gasteiger partial charge in [0.05, 0.1) is 18.2 Å². The second-order valence-corrected chi connectivity index (χ2v) is 10.8. The highest BCUT2D eigenvalue weighted by Gasteiger charge is 2.53. The Hall–Kier alpha value is -4.15. The summed E-state index contributed by atoms with van der Waals surface area (Å²) in [6.45, 7) is 1.48. The fourth-order valence-electron chi connectivity index (χ4n) is 4.87. The maximum atomic E-state index is 15.4. The van der Waals surface area contributed by atoms with Gasteiger partial charge in [-0.1, -0.05) is 30.3 Å². The van der Waals surface area contributed by atoms with E-state index in [-0.39, 0.29) is 11.6 Å². The number of ether oxygens (including phenoxy) is 1. The Morgan fingerprint density at radius 2 is 1.95 bits per heavy atom. The molecule has 1 aromatic heterocycles. The standard InChI is InChI=1S/C30H29FN6O2S/c1-39-26-9-3-2-8-23(26)30(12-13-30)28(38)36-25-11-10-19(16-24(25)31)22-18-33-29-35-20-6-4-7-21(17-20)40-34-15-5-14-32-27(22)37-29/h2-4,6-11,16-18,34H,5,12-15H2,1H3,(H,36,38)(H2,32,33,35,37). The second kappa shape index (κ2) is 11.1. The summed E-state index contributed by atoms with van der Waals surface area (Å²) in [5.41, 5.74) is 2.39. The molecule has 40 heavy (non-hydrogen) atoms. The molecule has 10 heteroatoms. The third-order valence-electron chi connectivity index (χ3n) is 7.15. The average Bonchev–Trinajstić information content (AvgIpc) is 3.78. The summed E-state index contributed by atoms with van der Waals surface area (Å²) >= 11 is 1.58. The van der Waals surface area contributed by atoms with E-state index in [9.17, 15) is 4.79 Å². The van der Waals surface area contributed by atoms with E-state index >= 15 is 4.39 Å². The van der Waals surface area contributed by atoms with Crippen LogP contribution in [0, 0.1) is 5.82 Å². The van der Waals surface area contributed by atoms with Crippen LogP contribution in [-0.4, -0.2) is 36.1 Å². The van der Waals surface area contributed by atoms with E-state index in [1.807, 2.05) is 48.5 Å². The number of para-hydroxylation sites is 1. The van der Waals surface area contributed by atoms with Gasteiger partial charge >= 0.3 is 0 Å². The number of carbonyl (C=O) groups excluding carboxylic acids is 1. The van der Waals surface area contributed by atoms with Crippen LogP contribution >= 0.6 is 11.9 Å². The molecular formula is C30H29FN6O2S. The molecule has 1 amide bonds. The lowest BCUT2D eigenvalue weighted by Crippen LogP contribution is -2.28. The molecule has 0 spiro atoms. The van der Waals surface area contributed by atoms with E-state index in [0.29, 0.717) is 48.0 Å². The third-order valence-corrected chi connectivity index (χ3v) is 7.99. The Bertz CT molecular complexity index is 1560. The highest BCUT2D eigenvalue weighted by molar-refractivity contribution is 7.97. The van der Waals surface area contributed by atoms with Crippen molar-refractivity contribution in [1.29, 1.82) is 0 Å². The van der Waals surface area contributed by atoms with E-state index in [2.05, 4.69) is 25.7 Å². The first-order valence-electron chi connectivity index (χ1n) is 13.2. The van der Waals surface area contributed by atoms with Crippen molar-refractivity contribution in [1.82, 2.24) is 14.7 Å². The molecule has 1 aliphatic carbocycles. The lowest BCUT2D eigenvalue weighted by atomic mass is 9.93. The molecule has 0 atom stereocenters. The van der Waals surface area contributed by atoms with Crippen LogP contribution in [0.3, 0.4) is 0 Å². The van der Waals surface area contributed by atoms with Gasteiger partial charge in [-0.25, -0.2) is 9.37 Å². The van der Waals surface area contributed by atoms with Crippen molar-refractivity contribution in [3.05, 3.63) is 84.3 Å². The van der Waals surface area contributed by atoms with Crippen LogP contribution in [0.15, 0.2) is 77.8 Å². The molecule has 204 valence electrons. The first kappa shape index (κ1) is 26.1. The minimum absolute atomic E-state index is 0.130. The van der Waals surface area contributed by atoms with Crippen molar-refractivity contribution in [2.24, 2.45) is 0 Å². The quantitative estimate of drug-likeness (QED) is 0.218. The van der Waals surface area contributed by atoms with Gasteiger partial charge in [0.2, 0.25) is 11.9 Å². The van der Waals surface area contributed by atoms with Crippen LogP contribution in [-0.2, 0) is 10.2 Å². The molecule has 4 aromatic rings. The van der Waals surface area contributed by atoms with Crippen LogP contribution in [0.2, 0.25) is 0 Å². The molecule has 2 aliphatic rings. The zero-order valence-corrected chi connectivity index (χ0v) is 22.8. The summed E-state index contributed by atoms with van der Waals surface area (Å²) < 4.78 is 24.2. The van der Waals surface area contributed by atoms with Crippen molar-refractivity contribution >= 4 is 41.0 Å². The second-order valence-electron chi connectivity index (χ2n) is 9.82. The maximum absolute atomic E-state index is 15.4. The molecule has 6 rings (SSSR count). The number of methoxy groups -OCH3 is 1. The fourth-order valence-corrected chi connectivity index (χ4v) is 5.61. The largest absolute Gasteiger partial charge is 0.496 e. The normalized spacial score (nSPS) is 15.8. The van der Waals surface area contributed by atoms with Crippen molar-refractivity contribution in [2.75, 3.05) is 36.1 Å². The zero-order chi connectivity index (χ0) is 27.5. The first-order valence-corrected chi connectivity index (χ1v) is 14.0. The van der Waals surface area contributed by atoms with Gasteiger partial charge in [-0.15, -0.1) is 0 Å². The average molecular weight is 557 g/mol. The molecule has 1 saturated carbocycles. The van der Waals surface area contributed by atoms with Gasteiger partial charge in [-0.05, 0) is 73.2 Å². The van der Waals surface area contributed by atoms with Crippen LogP contribution in [0.5, 0.6) is 5.75 Å². The first-order chi connectivity index (χ1) is 19.6. The number of nitrogens with zero attached hydrogens (tertiary/aromatic N) is 2. The van der Waals surface area contributed by atoms with E-state index in [4.69, 9.17) is 9.72 Å². The number of benzene rings is 3. The number of nitrogens with one attached hydrogen (secondary N) is 4. The molecule has 8 nitrogen and oxygen atoms in total. The molecular weight excluding hydrogens is 527 g/mol. The van der Waals surface area contributed by atoms with Crippen LogP contribution in [0.4, 0.5) is 27.5 Å². The SMILES string of the molecule is COc1ccccc1C1(C(=O)Nc2ccc(-c3cnc4nc3NCCCNSc3cccc(c3)N4)cc2F)CC1. The van der Waals surface area contributed by atoms with Crippen LogP contribution in [0.25, 0.3) is 11.1 Å². The molecule has 3 aromatic carbocycles. The minimum atomic E-state index is -0.709. The van der Waals surface area contributed by atoms with Gasteiger partial charge in [0.25, 0.3) is 0 Å². The summed E-state index contributed by atoms with van der Waals surface area (Å²) in [6, 6.07) is 20.3. The third kappa shape index (κ3) is 5.32. The Labute approximate surface area is 236 Å². The van der Waals surface area contributed by atoms with E-state index < -0.39 is 11.2 Å². The lowest BCUT2D eigenvalue weighted by molar-refractivity contribution is -0.118. The number of aromatic nitrogens is 2. The van der Waals surface area contributed by atoms with Crippen molar-refractivity contribution < 1.29 is 13.9 Å². The smallest absolute Gasteiger partial charge is 0.235 e. The number of carbonyl (C=O) groups is 1. The number of hydrogen-bond donors (Lipinski definition) is 4. The van der Waals surface area contributed by atoms with Gasteiger partial charge in [0.15, 0.2) is 0 Å². The van der Waals surface area contributed by atoms with Crippen molar-refractivity contribution in [3.63, 3.8) is 0 Å². The predicted octanol–water partition coefficient (Wildman–Crippen LogP) is 6.12. The van der Waals surface area contributed by atoms with Gasteiger partial charge in [-0.2, -0.15) is 4.98 Å². The summed E-state index contributed by atoms with van der Waals surface area (Å²) in [4.78, 5) is 23.6. The lowest BCUT2D eigenvalue weighted by Gasteiger charge is -2.19. The summed E-state index contributed by atoms with van der Waals surface area (Å²) in [5.74, 6) is 0.936. The van der Waals surface area contributed by atoms with Crippen molar-refractivity contribution in [3.8, 4) is 16.9 Å².